The zero-order chi connectivity index (χ0) is 37.8. The van der Waals surface area contributed by atoms with Crippen molar-refractivity contribution in [3.05, 3.63) is 43.0 Å². The fraction of sp³-hybridized carbons (Fsp3) is 0.647. The Kier molecular flexibility index (Phi) is 10.7. The number of carbonyl (C=O) groups excluding carboxylic acids is 4. The first-order chi connectivity index (χ1) is 22.9. The molecule has 278 valence electrons. The minimum absolute atomic E-state index is 0.00821. The van der Waals surface area contributed by atoms with Crippen LogP contribution >= 0.6 is 0 Å². The maximum atomic E-state index is 14.4. The summed E-state index contributed by atoms with van der Waals surface area (Å²) in [5.74, 6) is -2.87. The van der Waals surface area contributed by atoms with Gasteiger partial charge in [-0.2, -0.15) is 0 Å². The minimum atomic E-state index is -4.23. The zero-order valence-corrected chi connectivity index (χ0v) is 31.9. The molecule has 2 unspecified atom stereocenters. The second kappa shape index (κ2) is 13.6. The number of carbonyl (C=O) groups is 4. The summed E-state index contributed by atoms with van der Waals surface area (Å²) in [7, 11) is -6.31. The van der Waals surface area contributed by atoms with Crippen molar-refractivity contribution in [2.45, 2.75) is 83.4 Å². The molecule has 1 aliphatic heterocycles. The molecule has 5 amide bonds. The van der Waals surface area contributed by atoms with E-state index >= 15 is 0 Å². The predicted molar refractivity (Wildman–Crippen MR) is 188 cm³/mol. The van der Waals surface area contributed by atoms with Crippen molar-refractivity contribution in [2.24, 2.45) is 34.5 Å². The number of piperidine rings is 1. The van der Waals surface area contributed by atoms with Crippen molar-refractivity contribution in [2.75, 3.05) is 26.4 Å². The van der Waals surface area contributed by atoms with Gasteiger partial charge in [-0.3, -0.25) is 14.4 Å². The second-order valence-corrected chi connectivity index (χ2v) is 19.7. The van der Waals surface area contributed by atoms with Gasteiger partial charge in [-0.15, -0.1) is 6.58 Å². The Bertz CT molecular complexity index is 1740. The molecule has 3 fully saturated rings. The third-order valence-corrected chi connectivity index (χ3v) is 13.2. The molecule has 4 N–H and O–H groups in total. The van der Waals surface area contributed by atoms with E-state index in [0.29, 0.717) is 0 Å². The summed E-state index contributed by atoms with van der Waals surface area (Å²) in [5.41, 5.74) is -2.64. The normalized spacial score (nSPS) is 26.7. The number of likely N-dealkylation sites (N-methyl/N-ethyl adjacent to an activating group) is 1. The summed E-state index contributed by atoms with van der Waals surface area (Å²) in [5, 5.41) is 8.43. The maximum absolute atomic E-state index is 14.4. The SMILES string of the molecule is C=CC1C[C@]1(NC(=O)[C@@H]1C2[C@H](CN1C(=O)[C@@H](NC(=O)N[C@H](CN(C)S(C)(=O)=O)C(C)C)C(C)(C)C)C2(C)C)C(=O)NS(=O)(=O)c1ccccc1. The van der Waals surface area contributed by atoms with E-state index in [4.69, 9.17) is 0 Å². The van der Waals surface area contributed by atoms with Crippen LogP contribution in [0.5, 0.6) is 0 Å². The van der Waals surface area contributed by atoms with Crippen molar-refractivity contribution in [3.63, 3.8) is 0 Å². The van der Waals surface area contributed by atoms with Crippen molar-refractivity contribution < 1.29 is 36.0 Å². The second-order valence-electron chi connectivity index (χ2n) is 16.0. The van der Waals surface area contributed by atoms with Gasteiger partial charge < -0.3 is 20.9 Å². The van der Waals surface area contributed by atoms with Gasteiger partial charge in [0.25, 0.3) is 15.9 Å². The van der Waals surface area contributed by atoms with Crippen molar-refractivity contribution in [1.29, 1.82) is 0 Å². The lowest BCUT2D eigenvalue weighted by Gasteiger charge is -2.38. The van der Waals surface area contributed by atoms with Gasteiger partial charge in [0.1, 0.15) is 17.6 Å². The summed E-state index contributed by atoms with van der Waals surface area (Å²) >= 11 is 0. The summed E-state index contributed by atoms with van der Waals surface area (Å²) in [4.78, 5) is 56.9. The van der Waals surface area contributed by atoms with Gasteiger partial charge in [-0.05, 0) is 47.1 Å². The van der Waals surface area contributed by atoms with Crippen LogP contribution in [-0.2, 0) is 34.4 Å². The monoisotopic (exact) mass is 736 g/mol. The molecule has 3 aliphatic rings. The first-order valence-electron chi connectivity index (χ1n) is 16.7. The lowest BCUT2D eigenvalue weighted by molar-refractivity contribution is -0.144. The number of sulfonamides is 2. The quantitative estimate of drug-likeness (QED) is 0.220. The molecule has 14 nitrogen and oxygen atoms in total. The number of amides is 5. The van der Waals surface area contributed by atoms with E-state index in [1.807, 2.05) is 27.7 Å². The topological polar surface area (TPSA) is 191 Å². The average molecular weight is 737 g/mol. The van der Waals surface area contributed by atoms with Gasteiger partial charge in [-0.25, -0.2) is 30.7 Å². The standard InChI is InChI=1S/C34H52N6O8S2/c1-11-21-17-34(21,30(43)38-50(47,48)22-15-13-12-14-16-22)37-28(41)26-25-23(33(25,7)8)18-40(26)29(42)27(32(4,5)6)36-31(44)35-24(20(2)3)19-39(9)49(10,45)46/h11-16,20-21,23-27H,1,17-19H2,2-10H3,(H,37,41)(H,38,43)(H2,35,36,44)/t21?,23-,24+,25?,26-,27+,34+/m0/s1. The van der Waals surface area contributed by atoms with Gasteiger partial charge in [-0.1, -0.05) is 72.7 Å². The number of benzene rings is 1. The third kappa shape index (κ3) is 7.86. The predicted octanol–water partition coefficient (Wildman–Crippen LogP) is 1.67. The Balaban J connectivity index is 1.56. The van der Waals surface area contributed by atoms with E-state index < -0.39 is 78.8 Å². The minimum Gasteiger partial charge on any atom is -0.339 e. The molecule has 50 heavy (non-hydrogen) atoms. The largest absolute Gasteiger partial charge is 0.339 e. The number of nitrogens with one attached hydrogen (secondary N) is 4. The van der Waals surface area contributed by atoms with E-state index in [2.05, 4.69) is 27.3 Å². The van der Waals surface area contributed by atoms with E-state index in [1.165, 1.54) is 42.3 Å². The molecule has 1 aromatic rings. The van der Waals surface area contributed by atoms with Crippen LogP contribution < -0.4 is 20.7 Å². The van der Waals surface area contributed by atoms with Crippen LogP contribution in [0.3, 0.4) is 0 Å². The molecule has 0 spiro atoms. The molecule has 1 aromatic carbocycles. The average Bonchev–Trinajstić information content (AvgIpc) is 3.76. The molecule has 0 radical (unpaired) electrons. The molecular weight excluding hydrogens is 685 g/mol. The van der Waals surface area contributed by atoms with E-state index in [1.54, 1.807) is 26.8 Å². The van der Waals surface area contributed by atoms with E-state index in [9.17, 15) is 36.0 Å². The highest BCUT2D eigenvalue weighted by atomic mass is 32.2. The highest BCUT2D eigenvalue weighted by molar-refractivity contribution is 7.90. The Morgan fingerprint density at radius 2 is 1.66 bits per heavy atom. The van der Waals surface area contributed by atoms with Crippen LogP contribution in [0.4, 0.5) is 4.79 Å². The number of hydrogen-bond donors (Lipinski definition) is 4. The van der Waals surface area contributed by atoms with Gasteiger partial charge >= 0.3 is 6.03 Å². The number of fused-ring (bicyclic) bond motifs is 1. The molecule has 4 rings (SSSR count). The van der Waals surface area contributed by atoms with Crippen LogP contribution in [0, 0.1) is 34.5 Å². The fourth-order valence-corrected chi connectivity index (χ4v) is 8.49. The van der Waals surface area contributed by atoms with Crippen LogP contribution in [0.15, 0.2) is 47.9 Å². The molecule has 16 heteroatoms. The fourth-order valence-electron chi connectivity index (χ4n) is 7.00. The molecule has 2 saturated carbocycles. The third-order valence-electron chi connectivity index (χ3n) is 10.6. The Hall–Kier alpha value is -3.50. The first kappa shape index (κ1) is 39.3. The van der Waals surface area contributed by atoms with Crippen molar-refractivity contribution >= 4 is 43.8 Å². The molecule has 2 aliphatic carbocycles. The Morgan fingerprint density at radius 3 is 2.16 bits per heavy atom. The van der Waals surface area contributed by atoms with Gasteiger partial charge in [0.2, 0.25) is 21.8 Å². The smallest absolute Gasteiger partial charge is 0.315 e. The number of likely N-dealkylation sites (tertiary alicyclic amines) is 1. The number of urea groups is 1. The van der Waals surface area contributed by atoms with Crippen LogP contribution in [0.25, 0.3) is 0 Å². The van der Waals surface area contributed by atoms with Crippen LogP contribution in [0.2, 0.25) is 0 Å². The van der Waals surface area contributed by atoms with Crippen LogP contribution in [0.1, 0.15) is 54.9 Å². The lowest BCUT2D eigenvalue weighted by atomic mass is 9.85. The van der Waals surface area contributed by atoms with Gasteiger partial charge in [0.05, 0.1) is 11.2 Å². The molecule has 1 heterocycles. The number of hydrogen-bond acceptors (Lipinski definition) is 8. The van der Waals surface area contributed by atoms with Crippen LogP contribution in [-0.4, -0.2) is 99.9 Å². The van der Waals surface area contributed by atoms with E-state index in [-0.39, 0.29) is 47.6 Å². The molecule has 0 aromatic heterocycles. The van der Waals surface area contributed by atoms with Crippen molar-refractivity contribution in [3.8, 4) is 0 Å². The summed E-state index contributed by atoms with van der Waals surface area (Å²) in [6.07, 6.45) is 2.70. The Morgan fingerprint density at radius 1 is 1.06 bits per heavy atom. The van der Waals surface area contributed by atoms with Gasteiger partial charge in [0, 0.05) is 32.1 Å². The van der Waals surface area contributed by atoms with Crippen molar-refractivity contribution in [1.82, 2.24) is 29.9 Å². The molecular formula is C34H52N6O8S2. The number of nitrogens with zero attached hydrogens (tertiary/aromatic N) is 2. The highest BCUT2D eigenvalue weighted by Crippen LogP contribution is 2.65. The highest BCUT2D eigenvalue weighted by Gasteiger charge is 2.71. The summed E-state index contributed by atoms with van der Waals surface area (Å²) in [6.45, 7) is 17.1. The first-order valence-corrected chi connectivity index (χ1v) is 20.1. The molecule has 7 atom stereocenters. The molecule has 1 saturated heterocycles. The molecule has 0 bridgehead atoms. The Labute approximate surface area is 296 Å². The van der Waals surface area contributed by atoms with E-state index in [0.717, 1.165) is 10.6 Å². The lowest BCUT2D eigenvalue weighted by Crippen LogP contribution is -2.63. The maximum Gasteiger partial charge on any atom is 0.315 e. The summed E-state index contributed by atoms with van der Waals surface area (Å²) < 4.78 is 53.3. The zero-order valence-electron chi connectivity index (χ0n) is 30.3. The summed E-state index contributed by atoms with van der Waals surface area (Å²) in [6, 6.07) is 4.14. The van der Waals surface area contributed by atoms with Gasteiger partial charge in [0.15, 0.2) is 0 Å². The number of rotatable bonds is 13.